The van der Waals surface area contributed by atoms with Gasteiger partial charge >= 0.3 is 0 Å². The van der Waals surface area contributed by atoms with E-state index in [4.69, 9.17) is 0 Å². The molecule has 4 N–H and O–H groups in total. The predicted octanol–water partition coefficient (Wildman–Crippen LogP) is 2.11. The lowest BCUT2D eigenvalue weighted by atomic mass is 9.95. The number of carbonyl (C=O) groups is 2. The number of nitrogens with zero attached hydrogens (tertiary/aromatic N) is 2. The minimum Gasteiger partial charge on any atom is -0.394 e. The lowest BCUT2D eigenvalue weighted by molar-refractivity contribution is -0.122. The van der Waals surface area contributed by atoms with Crippen LogP contribution in [0.4, 0.5) is 5.69 Å². The lowest BCUT2D eigenvalue weighted by Crippen LogP contribution is -2.22. The summed E-state index contributed by atoms with van der Waals surface area (Å²) in [4.78, 5) is 31.3. The number of aliphatic hydroxyl groups is 2. The van der Waals surface area contributed by atoms with E-state index >= 15 is 0 Å². The molecule has 0 aliphatic carbocycles. The minimum atomic E-state index is -0.961. The van der Waals surface area contributed by atoms with Gasteiger partial charge in [-0.05, 0) is 18.2 Å². The van der Waals surface area contributed by atoms with Crippen molar-refractivity contribution in [2.75, 3.05) is 25.6 Å². The Balaban J connectivity index is 1.84. The molecular formula is C25H24N4O4. The number of aliphatic hydroxyl groups excluding tert-OH is 2. The van der Waals surface area contributed by atoms with Crippen LogP contribution in [0.25, 0.3) is 33.0 Å². The minimum absolute atomic E-state index is 0.148. The molecule has 8 nitrogen and oxygen atoms in total. The topological polar surface area (TPSA) is 111 Å². The first-order valence-electron chi connectivity index (χ1n) is 10.7. The van der Waals surface area contributed by atoms with E-state index in [2.05, 4.69) is 10.3 Å². The van der Waals surface area contributed by atoms with Crippen molar-refractivity contribution in [3.8, 4) is 0 Å². The van der Waals surface area contributed by atoms with Crippen LogP contribution in [-0.2, 0) is 16.1 Å². The van der Waals surface area contributed by atoms with Gasteiger partial charge in [0.2, 0.25) is 0 Å². The van der Waals surface area contributed by atoms with Gasteiger partial charge in [-0.2, -0.15) is 0 Å². The van der Waals surface area contributed by atoms with Gasteiger partial charge in [-0.1, -0.05) is 24.3 Å². The zero-order chi connectivity index (χ0) is 23.3. The Bertz CT molecular complexity index is 1440. The van der Waals surface area contributed by atoms with Gasteiger partial charge in [0.1, 0.15) is 0 Å². The van der Waals surface area contributed by atoms with Gasteiger partial charge in [0.15, 0.2) is 0 Å². The number of carbonyl (C=O) groups excluding carboxylic acids is 2. The summed E-state index contributed by atoms with van der Waals surface area (Å²) in [6, 6.07) is 13.4. The molecule has 0 fully saturated rings. The number of para-hydroxylation sites is 1. The van der Waals surface area contributed by atoms with Crippen molar-refractivity contribution in [2.24, 2.45) is 0 Å². The number of nitrogens with one attached hydrogen (secondary N) is 2. The van der Waals surface area contributed by atoms with E-state index in [0.717, 1.165) is 27.5 Å². The molecule has 1 unspecified atom stereocenters. The van der Waals surface area contributed by atoms with Crippen molar-refractivity contribution in [1.29, 1.82) is 0 Å². The number of hydrogen-bond donors (Lipinski definition) is 4. The third-order valence-corrected chi connectivity index (χ3v) is 6.04. The molecule has 8 heteroatoms. The molecule has 3 heterocycles. The first kappa shape index (κ1) is 21.0. The third-order valence-electron chi connectivity index (χ3n) is 6.04. The summed E-state index contributed by atoms with van der Waals surface area (Å²) in [6.45, 7) is -0.236. The molecule has 0 bridgehead atoms. The summed E-state index contributed by atoms with van der Waals surface area (Å²) in [7, 11) is 3.82. The molecule has 168 valence electrons. The van der Waals surface area contributed by atoms with Crippen LogP contribution < -0.4 is 10.2 Å². The average molecular weight is 444 g/mol. The number of rotatable bonds is 6. The molecule has 2 aromatic carbocycles. The molecule has 2 amide bonds. The number of aromatic nitrogens is 2. The zero-order valence-corrected chi connectivity index (χ0v) is 18.3. The Kier molecular flexibility index (Phi) is 5.03. The summed E-state index contributed by atoms with van der Waals surface area (Å²) < 4.78 is 1.81. The number of hydrogen-bond acceptors (Lipinski definition) is 5. The Morgan fingerprint density at radius 3 is 2.45 bits per heavy atom. The maximum absolute atomic E-state index is 13.1. The molecule has 1 atom stereocenters. The number of anilines is 1. The van der Waals surface area contributed by atoms with Crippen molar-refractivity contribution in [1.82, 2.24) is 14.9 Å². The summed E-state index contributed by atoms with van der Waals surface area (Å²) in [6.07, 6.45) is 2.57. The molecule has 1 aliphatic heterocycles. The van der Waals surface area contributed by atoms with E-state index in [1.54, 1.807) is 12.4 Å². The summed E-state index contributed by atoms with van der Waals surface area (Å²) in [5.41, 5.74) is 4.40. The molecule has 1 aliphatic rings. The second-order valence-corrected chi connectivity index (χ2v) is 8.38. The van der Waals surface area contributed by atoms with Gasteiger partial charge in [0.05, 0.1) is 35.9 Å². The average Bonchev–Trinajstić information content (AvgIpc) is 3.46. The molecule has 0 saturated carbocycles. The quantitative estimate of drug-likeness (QED) is 0.341. The van der Waals surface area contributed by atoms with Crippen LogP contribution in [0, 0.1) is 0 Å². The van der Waals surface area contributed by atoms with Gasteiger partial charge in [-0.3, -0.25) is 14.9 Å². The van der Waals surface area contributed by atoms with E-state index < -0.39 is 17.9 Å². The van der Waals surface area contributed by atoms with Crippen LogP contribution in [0.15, 0.2) is 54.9 Å². The van der Waals surface area contributed by atoms with Crippen LogP contribution in [0.3, 0.4) is 0 Å². The maximum atomic E-state index is 13.1. The molecular weight excluding hydrogens is 420 g/mol. The number of imide groups is 1. The molecule has 2 aromatic heterocycles. The first-order valence-corrected chi connectivity index (χ1v) is 10.7. The highest BCUT2D eigenvalue weighted by Gasteiger charge is 2.35. The highest BCUT2D eigenvalue weighted by molar-refractivity contribution is 6.51. The maximum Gasteiger partial charge on any atom is 0.259 e. The number of fused-ring (bicyclic) bond motifs is 2. The highest BCUT2D eigenvalue weighted by atomic mass is 16.3. The molecule has 4 aromatic rings. The monoisotopic (exact) mass is 444 g/mol. The second kappa shape index (κ2) is 7.91. The fourth-order valence-corrected chi connectivity index (χ4v) is 4.58. The van der Waals surface area contributed by atoms with Crippen LogP contribution in [-0.4, -0.2) is 58.4 Å². The van der Waals surface area contributed by atoms with E-state index in [1.807, 2.05) is 66.0 Å². The molecule has 33 heavy (non-hydrogen) atoms. The largest absolute Gasteiger partial charge is 0.394 e. The van der Waals surface area contributed by atoms with Crippen LogP contribution in [0.1, 0.15) is 11.1 Å². The van der Waals surface area contributed by atoms with E-state index in [9.17, 15) is 19.8 Å². The SMILES string of the molecule is CN(C)c1cccc2c1c(C1=C(c3c[nH]c4ccccc34)C(=O)NC1=O)cn2CC(O)CO. The summed E-state index contributed by atoms with van der Waals surface area (Å²) >= 11 is 0. The predicted molar refractivity (Wildman–Crippen MR) is 128 cm³/mol. The number of benzene rings is 2. The molecule has 5 rings (SSSR count). The van der Waals surface area contributed by atoms with E-state index in [0.29, 0.717) is 22.3 Å². The first-order chi connectivity index (χ1) is 15.9. The fraction of sp³-hybridized carbons (Fsp3) is 0.200. The van der Waals surface area contributed by atoms with Gasteiger partial charge in [0, 0.05) is 59.6 Å². The Morgan fingerprint density at radius 2 is 1.73 bits per heavy atom. The second-order valence-electron chi connectivity index (χ2n) is 8.38. The zero-order valence-electron chi connectivity index (χ0n) is 18.3. The normalized spacial score (nSPS) is 15.0. The molecule has 0 radical (unpaired) electrons. The third kappa shape index (κ3) is 3.31. The van der Waals surface area contributed by atoms with Gasteiger partial charge in [-0.25, -0.2) is 0 Å². The van der Waals surface area contributed by atoms with Crippen molar-refractivity contribution < 1.29 is 19.8 Å². The van der Waals surface area contributed by atoms with Gasteiger partial charge < -0.3 is 24.7 Å². The lowest BCUT2D eigenvalue weighted by Gasteiger charge is -2.16. The molecule has 0 spiro atoms. The highest BCUT2D eigenvalue weighted by Crippen LogP contribution is 2.41. The standard InChI is InChI=1S/C25H24N4O4/c1-28(2)19-8-5-9-20-21(19)17(12-29(20)11-14(31)13-30)23-22(24(32)27-25(23)33)16-10-26-18-7-4-3-6-15(16)18/h3-10,12,14,26,30-31H,11,13H2,1-2H3,(H,27,32,33). The van der Waals surface area contributed by atoms with Crippen LogP contribution in [0.2, 0.25) is 0 Å². The Hall–Kier alpha value is -3.88. The van der Waals surface area contributed by atoms with Crippen molar-refractivity contribution in [3.63, 3.8) is 0 Å². The van der Waals surface area contributed by atoms with Gasteiger partial charge in [-0.15, -0.1) is 0 Å². The van der Waals surface area contributed by atoms with Crippen molar-refractivity contribution >= 4 is 50.5 Å². The van der Waals surface area contributed by atoms with Crippen LogP contribution >= 0.6 is 0 Å². The van der Waals surface area contributed by atoms with Crippen LogP contribution in [0.5, 0.6) is 0 Å². The van der Waals surface area contributed by atoms with Gasteiger partial charge in [0.25, 0.3) is 11.8 Å². The Morgan fingerprint density at radius 1 is 1.00 bits per heavy atom. The smallest absolute Gasteiger partial charge is 0.259 e. The number of aromatic amines is 1. The number of amides is 2. The summed E-state index contributed by atoms with van der Waals surface area (Å²) in [5.74, 6) is -0.908. The van der Waals surface area contributed by atoms with Crippen molar-refractivity contribution in [2.45, 2.75) is 12.6 Å². The van der Waals surface area contributed by atoms with E-state index in [-0.39, 0.29) is 13.2 Å². The number of H-pyrrole nitrogens is 1. The van der Waals surface area contributed by atoms with E-state index in [1.165, 1.54) is 0 Å². The van der Waals surface area contributed by atoms with Crippen molar-refractivity contribution in [3.05, 3.63) is 66.0 Å². The fourth-order valence-electron chi connectivity index (χ4n) is 4.58. The Labute approximate surface area is 189 Å². The molecule has 0 saturated heterocycles. The summed E-state index contributed by atoms with van der Waals surface area (Å²) in [5, 5.41) is 23.6.